The van der Waals surface area contributed by atoms with Crippen LogP contribution in [0.3, 0.4) is 0 Å². The molecule has 0 heterocycles. The summed E-state index contributed by atoms with van der Waals surface area (Å²) in [7, 11) is 0. The van der Waals surface area contributed by atoms with E-state index in [9.17, 15) is 0 Å². The Labute approximate surface area is 122 Å². The van der Waals surface area contributed by atoms with E-state index in [-0.39, 0.29) is 17.8 Å². The fourth-order valence-corrected chi connectivity index (χ4v) is 2.73. The minimum absolute atomic E-state index is 0. The van der Waals surface area contributed by atoms with Gasteiger partial charge in [-0.15, -0.1) is 12.4 Å². The molecule has 0 amide bonds. The Balaban J connectivity index is 0.00000180. The van der Waals surface area contributed by atoms with Crippen molar-refractivity contribution in [3.05, 3.63) is 71.8 Å². The van der Waals surface area contributed by atoms with Crippen LogP contribution in [-0.4, -0.2) is 6.54 Å². The summed E-state index contributed by atoms with van der Waals surface area (Å²) in [5.74, 6) is 0. The highest BCUT2D eigenvalue weighted by Crippen LogP contribution is 2.35. The number of hydrogen-bond donors (Lipinski definition) is 1. The van der Waals surface area contributed by atoms with E-state index in [4.69, 9.17) is 5.73 Å². The molecule has 0 aliphatic heterocycles. The molecule has 0 saturated carbocycles. The number of hydrogen-bond acceptors (Lipinski definition) is 1. The highest BCUT2D eigenvalue weighted by molar-refractivity contribution is 5.85. The third kappa shape index (κ3) is 3.17. The largest absolute Gasteiger partial charge is 0.329 e. The molecular weight excluding hydrogens is 254 g/mol. The zero-order chi connectivity index (χ0) is 12.8. The van der Waals surface area contributed by atoms with E-state index in [2.05, 4.69) is 67.6 Å². The topological polar surface area (TPSA) is 26.0 Å². The first-order valence-corrected chi connectivity index (χ1v) is 6.64. The van der Waals surface area contributed by atoms with Gasteiger partial charge in [-0.05, 0) is 17.5 Å². The fraction of sp³-hybridized carbons (Fsp3) is 0.294. The number of nitrogens with two attached hydrogens (primary N) is 1. The van der Waals surface area contributed by atoms with Gasteiger partial charge in [-0.1, -0.05) is 74.0 Å². The average Bonchev–Trinajstić information content (AvgIpc) is 2.47. The lowest BCUT2D eigenvalue weighted by molar-refractivity contribution is 0.476. The predicted molar refractivity (Wildman–Crippen MR) is 84.9 cm³/mol. The molecule has 0 atom stereocenters. The van der Waals surface area contributed by atoms with Crippen LogP contribution in [0.2, 0.25) is 0 Å². The van der Waals surface area contributed by atoms with Crippen molar-refractivity contribution in [2.45, 2.75) is 25.2 Å². The monoisotopic (exact) mass is 275 g/mol. The second-order valence-electron chi connectivity index (χ2n) is 4.77. The van der Waals surface area contributed by atoms with Crippen LogP contribution < -0.4 is 5.73 Å². The molecule has 0 unspecified atom stereocenters. The van der Waals surface area contributed by atoms with E-state index in [0.29, 0.717) is 6.54 Å². The lowest BCUT2D eigenvalue weighted by Gasteiger charge is -2.33. The van der Waals surface area contributed by atoms with E-state index in [0.717, 1.165) is 12.8 Å². The lowest BCUT2D eigenvalue weighted by Crippen LogP contribution is -2.36. The first-order chi connectivity index (χ1) is 8.83. The van der Waals surface area contributed by atoms with Crippen LogP contribution in [0, 0.1) is 0 Å². The summed E-state index contributed by atoms with van der Waals surface area (Å²) in [6, 6.07) is 21.3. The van der Waals surface area contributed by atoms with Crippen molar-refractivity contribution in [3.8, 4) is 0 Å². The van der Waals surface area contributed by atoms with Crippen molar-refractivity contribution in [1.29, 1.82) is 0 Å². The molecule has 0 radical (unpaired) electrons. The Morgan fingerprint density at radius 1 is 0.842 bits per heavy atom. The van der Waals surface area contributed by atoms with Crippen molar-refractivity contribution < 1.29 is 0 Å². The van der Waals surface area contributed by atoms with Gasteiger partial charge in [0.1, 0.15) is 0 Å². The van der Waals surface area contributed by atoms with Crippen LogP contribution in [0.1, 0.15) is 30.9 Å². The molecule has 0 saturated heterocycles. The molecule has 19 heavy (non-hydrogen) atoms. The summed E-state index contributed by atoms with van der Waals surface area (Å²) in [6.45, 7) is 2.87. The minimum Gasteiger partial charge on any atom is -0.329 e. The van der Waals surface area contributed by atoms with Gasteiger partial charge in [-0.3, -0.25) is 0 Å². The molecule has 0 aromatic heterocycles. The molecule has 2 rings (SSSR count). The van der Waals surface area contributed by atoms with E-state index < -0.39 is 0 Å². The molecular formula is C17H22ClN. The summed E-state index contributed by atoms with van der Waals surface area (Å²) >= 11 is 0. The molecule has 2 N–H and O–H groups in total. The second kappa shape index (κ2) is 7.32. The zero-order valence-corrected chi connectivity index (χ0v) is 12.2. The van der Waals surface area contributed by atoms with Gasteiger partial charge >= 0.3 is 0 Å². The van der Waals surface area contributed by atoms with Gasteiger partial charge in [0.05, 0.1) is 0 Å². The van der Waals surface area contributed by atoms with Crippen LogP contribution in [-0.2, 0) is 5.41 Å². The van der Waals surface area contributed by atoms with Crippen LogP contribution >= 0.6 is 12.4 Å². The van der Waals surface area contributed by atoms with Crippen molar-refractivity contribution in [1.82, 2.24) is 0 Å². The fourth-order valence-electron chi connectivity index (χ4n) is 2.73. The van der Waals surface area contributed by atoms with Crippen molar-refractivity contribution in [2.24, 2.45) is 5.73 Å². The maximum Gasteiger partial charge on any atom is 0.0324 e. The Morgan fingerprint density at radius 2 is 1.26 bits per heavy atom. The normalized spacial score (nSPS) is 10.8. The maximum atomic E-state index is 6.16. The molecule has 1 nitrogen and oxygen atoms in total. The number of rotatable bonds is 5. The van der Waals surface area contributed by atoms with Gasteiger partial charge in [-0.25, -0.2) is 0 Å². The summed E-state index contributed by atoms with van der Waals surface area (Å²) in [5, 5.41) is 0. The zero-order valence-electron chi connectivity index (χ0n) is 11.4. The summed E-state index contributed by atoms with van der Waals surface area (Å²) in [6.07, 6.45) is 2.21. The van der Waals surface area contributed by atoms with Crippen LogP contribution in [0.4, 0.5) is 0 Å². The van der Waals surface area contributed by atoms with Gasteiger partial charge in [0.15, 0.2) is 0 Å². The van der Waals surface area contributed by atoms with Gasteiger partial charge in [-0.2, -0.15) is 0 Å². The Hall–Kier alpha value is -1.31. The molecule has 2 aromatic rings. The summed E-state index contributed by atoms with van der Waals surface area (Å²) in [5.41, 5.74) is 8.75. The molecule has 0 spiro atoms. The quantitative estimate of drug-likeness (QED) is 0.871. The molecule has 0 aliphatic carbocycles. The molecule has 2 aromatic carbocycles. The highest BCUT2D eigenvalue weighted by Gasteiger charge is 2.31. The Morgan fingerprint density at radius 3 is 1.58 bits per heavy atom. The van der Waals surface area contributed by atoms with Crippen LogP contribution in [0.15, 0.2) is 60.7 Å². The minimum atomic E-state index is -0.0444. The standard InChI is InChI=1S/C17H21N.ClH/c1-2-13-17(14-18,15-9-5-3-6-10-15)16-11-7-4-8-12-16;/h3-12H,2,13-14,18H2,1H3;1H. The SMILES string of the molecule is CCCC(CN)(c1ccccc1)c1ccccc1.Cl. The Kier molecular flexibility index (Phi) is 6.07. The summed E-state index contributed by atoms with van der Waals surface area (Å²) in [4.78, 5) is 0. The summed E-state index contributed by atoms with van der Waals surface area (Å²) < 4.78 is 0. The first kappa shape index (κ1) is 15.7. The third-order valence-corrected chi connectivity index (χ3v) is 3.68. The van der Waals surface area contributed by atoms with E-state index >= 15 is 0 Å². The lowest BCUT2D eigenvalue weighted by atomic mass is 9.71. The number of benzene rings is 2. The van der Waals surface area contributed by atoms with Crippen LogP contribution in [0.5, 0.6) is 0 Å². The van der Waals surface area contributed by atoms with Crippen molar-refractivity contribution in [2.75, 3.05) is 6.54 Å². The molecule has 0 fully saturated rings. The molecule has 0 bridgehead atoms. The molecule has 102 valence electrons. The van der Waals surface area contributed by atoms with E-state index in [1.807, 2.05) is 0 Å². The smallest absolute Gasteiger partial charge is 0.0324 e. The van der Waals surface area contributed by atoms with Gasteiger partial charge < -0.3 is 5.73 Å². The molecule has 0 aliphatic rings. The van der Waals surface area contributed by atoms with Crippen LogP contribution in [0.25, 0.3) is 0 Å². The number of halogens is 1. The van der Waals surface area contributed by atoms with Crippen molar-refractivity contribution in [3.63, 3.8) is 0 Å². The maximum absolute atomic E-state index is 6.16. The van der Waals surface area contributed by atoms with Gasteiger partial charge in [0.2, 0.25) is 0 Å². The Bertz CT molecular complexity index is 428. The highest BCUT2D eigenvalue weighted by atomic mass is 35.5. The molecule has 2 heteroatoms. The van der Waals surface area contributed by atoms with E-state index in [1.54, 1.807) is 0 Å². The van der Waals surface area contributed by atoms with Gasteiger partial charge in [0, 0.05) is 12.0 Å². The first-order valence-electron chi connectivity index (χ1n) is 6.64. The average molecular weight is 276 g/mol. The van der Waals surface area contributed by atoms with Crippen molar-refractivity contribution >= 4 is 12.4 Å². The van der Waals surface area contributed by atoms with E-state index in [1.165, 1.54) is 11.1 Å². The third-order valence-electron chi connectivity index (χ3n) is 3.68. The second-order valence-corrected chi connectivity index (χ2v) is 4.77. The van der Waals surface area contributed by atoms with Gasteiger partial charge in [0.25, 0.3) is 0 Å². The predicted octanol–water partition coefficient (Wildman–Crippen LogP) is 4.15.